The second kappa shape index (κ2) is 13.0. The maximum absolute atomic E-state index is 12.8. The van der Waals surface area contributed by atoms with Crippen LogP contribution in [0.25, 0.3) is 0 Å². The van der Waals surface area contributed by atoms with Gasteiger partial charge in [0.2, 0.25) is 5.91 Å². The Morgan fingerprint density at radius 1 is 1.14 bits per heavy atom. The SMILES string of the molecule is CCC(C)C(NC(=O)OCc1ccccc1)C(=O)N[C@@H](CCSC)C(=O)OC. The highest BCUT2D eigenvalue weighted by molar-refractivity contribution is 7.98. The van der Waals surface area contributed by atoms with E-state index >= 15 is 0 Å². The first-order valence-corrected chi connectivity index (χ1v) is 10.7. The molecule has 0 aliphatic carbocycles. The van der Waals surface area contributed by atoms with Crippen LogP contribution in [0.15, 0.2) is 30.3 Å². The van der Waals surface area contributed by atoms with Gasteiger partial charge in [0.15, 0.2) is 0 Å². The van der Waals surface area contributed by atoms with Crippen LogP contribution in [0.5, 0.6) is 0 Å². The highest BCUT2D eigenvalue weighted by Gasteiger charge is 2.30. The fourth-order valence-electron chi connectivity index (χ4n) is 2.48. The number of benzene rings is 1. The molecule has 0 aliphatic rings. The second-order valence-electron chi connectivity index (χ2n) is 6.44. The molecule has 0 saturated carbocycles. The van der Waals surface area contributed by atoms with E-state index in [1.807, 2.05) is 50.4 Å². The van der Waals surface area contributed by atoms with Crippen LogP contribution in [0.3, 0.4) is 0 Å². The molecule has 1 aromatic carbocycles. The lowest BCUT2D eigenvalue weighted by Crippen LogP contribution is -2.54. The third-order valence-electron chi connectivity index (χ3n) is 4.39. The molecule has 156 valence electrons. The quantitative estimate of drug-likeness (QED) is 0.545. The number of esters is 1. The number of hydrogen-bond acceptors (Lipinski definition) is 6. The Bertz CT molecular complexity index is 626. The van der Waals surface area contributed by atoms with E-state index < -0.39 is 30.1 Å². The first-order valence-electron chi connectivity index (χ1n) is 9.27. The van der Waals surface area contributed by atoms with Crippen molar-refractivity contribution in [2.75, 3.05) is 19.1 Å². The van der Waals surface area contributed by atoms with Gasteiger partial charge in [-0.3, -0.25) is 4.79 Å². The average molecular weight is 411 g/mol. The van der Waals surface area contributed by atoms with Crippen LogP contribution in [-0.4, -0.2) is 49.2 Å². The standard InChI is InChI=1S/C20H30N2O5S/c1-5-14(2)17(18(23)21-16(11-12-28-4)19(24)26-3)22-20(25)27-13-15-9-7-6-8-10-15/h6-10,14,16-17H,5,11-13H2,1-4H3,(H,21,23)(H,22,25)/t14?,16-,17?/m0/s1. The molecular weight excluding hydrogens is 380 g/mol. The number of rotatable bonds is 11. The number of amides is 2. The fraction of sp³-hybridized carbons (Fsp3) is 0.550. The van der Waals surface area contributed by atoms with Crippen LogP contribution in [0, 0.1) is 5.92 Å². The molecule has 3 atom stereocenters. The number of nitrogens with one attached hydrogen (secondary N) is 2. The Morgan fingerprint density at radius 3 is 2.39 bits per heavy atom. The number of alkyl carbamates (subject to hydrolysis) is 1. The van der Waals surface area contributed by atoms with Gasteiger partial charge in [-0.1, -0.05) is 50.6 Å². The van der Waals surface area contributed by atoms with Gasteiger partial charge >= 0.3 is 12.1 Å². The molecule has 0 bridgehead atoms. The highest BCUT2D eigenvalue weighted by atomic mass is 32.2. The van der Waals surface area contributed by atoms with Gasteiger partial charge in [-0.2, -0.15) is 11.8 Å². The van der Waals surface area contributed by atoms with Crippen molar-refractivity contribution in [2.45, 2.75) is 45.4 Å². The zero-order valence-corrected chi connectivity index (χ0v) is 17.7. The number of carbonyl (C=O) groups is 3. The topological polar surface area (TPSA) is 93.7 Å². The predicted molar refractivity (Wildman–Crippen MR) is 110 cm³/mol. The third kappa shape index (κ3) is 8.21. The van der Waals surface area contributed by atoms with Crippen molar-refractivity contribution in [2.24, 2.45) is 5.92 Å². The minimum Gasteiger partial charge on any atom is -0.467 e. The van der Waals surface area contributed by atoms with Crippen LogP contribution < -0.4 is 10.6 Å². The first kappa shape index (κ1) is 23.8. The summed E-state index contributed by atoms with van der Waals surface area (Å²) in [5.41, 5.74) is 0.852. The Morgan fingerprint density at radius 2 is 1.82 bits per heavy atom. The van der Waals surface area contributed by atoms with E-state index in [1.165, 1.54) is 7.11 Å². The lowest BCUT2D eigenvalue weighted by molar-refractivity contribution is -0.145. The average Bonchev–Trinajstić information content (AvgIpc) is 2.72. The fourth-order valence-corrected chi connectivity index (χ4v) is 2.95. The molecule has 8 heteroatoms. The molecule has 2 N–H and O–H groups in total. The molecule has 2 amide bonds. The monoisotopic (exact) mass is 410 g/mol. The highest BCUT2D eigenvalue weighted by Crippen LogP contribution is 2.11. The summed E-state index contributed by atoms with van der Waals surface area (Å²) in [4.78, 5) is 36.9. The molecule has 0 aliphatic heterocycles. The zero-order valence-electron chi connectivity index (χ0n) is 16.9. The van der Waals surface area contributed by atoms with Gasteiger partial charge in [-0.25, -0.2) is 9.59 Å². The van der Waals surface area contributed by atoms with E-state index in [2.05, 4.69) is 10.6 Å². The molecule has 28 heavy (non-hydrogen) atoms. The molecule has 0 heterocycles. The maximum Gasteiger partial charge on any atom is 0.408 e. The van der Waals surface area contributed by atoms with Gasteiger partial charge in [-0.05, 0) is 29.9 Å². The third-order valence-corrected chi connectivity index (χ3v) is 5.04. The minimum absolute atomic E-state index is 0.111. The van der Waals surface area contributed by atoms with Crippen LogP contribution >= 0.6 is 11.8 Å². The van der Waals surface area contributed by atoms with Crippen molar-refractivity contribution in [3.05, 3.63) is 35.9 Å². The van der Waals surface area contributed by atoms with Crippen LogP contribution in [0.1, 0.15) is 32.3 Å². The van der Waals surface area contributed by atoms with Crippen molar-refractivity contribution in [1.82, 2.24) is 10.6 Å². The van der Waals surface area contributed by atoms with E-state index in [1.54, 1.807) is 11.8 Å². The summed E-state index contributed by atoms with van der Waals surface area (Å²) in [6.07, 6.45) is 2.36. The van der Waals surface area contributed by atoms with Crippen molar-refractivity contribution >= 4 is 29.7 Å². The largest absolute Gasteiger partial charge is 0.467 e. The van der Waals surface area contributed by atoms with E-state index in [4.69, 9.17) is 9.47 Å². The van der Waals surface area contributed by atoms with Crippen molar-refractivity contribution in [3.8, 4) is 0 Å². The Kier molecular flexibility index (Phi) is 11.1. The van der Waals surface area contributed by atoms with Gasteiger partial charge in [-0.15, -0.1) is 0 Å². The van der Waals surface area contributed by atoms with E-state index in [0.717, 1.165) is 5.56 Å². The van der Waals surface area contributed by atoms with Gasteiger partial charge in [0.25, 0.3) is 0 Å². The van der Waals surface area contributed by atoms with Gasteiger partial charge in [0, 0.05) is 0 Å². The zero-order chi connectivity index (χ0) is 20.9. The van der Waals surface area contributed by atoms with Crippen LogP contribution in [-0.2, 0) is 25.7 Å². The number of ether oxygens (including phenoxy) is 2. The number of methoxy groups -OCH3 is 1. The molecular formula is C20H30N2O5S. The molecule has 0 radical (unpaired) electrons. The van der Waals surface area contributed by atoms with Crippen molar-refractivity contribution < 1.29 is 23.9 Å². The van der Waals surface area contributed by atoms with Gasteiger partial charge in [0.05, 0.1) is 7.11 Å². The molecule has 0 fully saturated rings. The molecule has 1 rings (SSSR count). The van der Waals surface area contributed by atoms with Crippen LogP contribution in [0.2, 0.25) is 0 Å². The summed E-state index contributed by atoms with van der Waals surface area (Å²) in [6.45, 7) is 3.89. The van der Waals surface area contributed by atoms with Crippen LogP contribution in [0.4, 0.5) is 4.79 Å². The molecule has 1 aromatic rings. The second-order valence-corrected chi connectivity index (χ2v) is 7.42. The smallest absolute Gasteiger partial charge is 0.408 e. The van der Waals surface area contributed by atoms with E-state index in [9.17, 15) is 14.4 Å². The summed E-state index contributed by atoms with van der Waals surface area (Å²) in [7, 11) is 1.28. The molecule has 0 spiro atoms. The first-order chi connectivity index (χ1) is 13.4. The van der Waals surface area contributed by atoms with Crippen molar-refractivity contribution in [3.63, 3.8) is 0 Å². The normalized spacial score (nSPS) is 13.7. The lowest BCUT2D eigenvalue weighted by atomic mass is 9.98. The Balaban J connectivity index is 2.72. The number of thioether (sulfide) groups is 1. The van der Waals surface area contributed by atoms with Crippen molar-refractivity contribution in [1.29, 1.82) is 0 Å². The molecule has 2 unspecified atom stereocenters. The molecule has 0 saturated heterocycles. The summed E-state index contributed by atoms with van der Waals surface area (Å²) in [5.74, 6) is -0.372. The summed E-state index contributed by atoms with van der Waals surface area (Å²) in [6, 6.07) is 7.72. The summed E-state index contributed by atoms with van der Waals surface area (Å²) in [5, 5.41) is 5.33. The number of carbonyl (C=O) groups excluding carboxylic acids is 3. The van der Waals surface area contributed by atoms with E-state index in [-0.39, 0.29) is 12.5 Å². The number of hydrogen-bond donors (Lipinski definition) is 2. The lowest BCUT2D eigenvalue weighted by Gasteiger charge is -2.25. The Hall–Kier alpha value is -2.22. The molecule has 0 aromatic heterocycles. The van der Waals surface area contributed by atoms with Gasteiger partial charge < -0.3 is 20.1 Å². The minimum atomic E-state index is -0.810. The summed E-state index contributed by atoms with van der Waals surface area (Å²) >= 11 is 1.57. The summed E-state index contributed by atoms with van der Waals surface area (Å²) < 4.78 is 9.99. The molecule has 7 nitrogen and oxygen atoms in total. The maximum atomic E-state index is 12.8. The van der Waals surface area contributed by atoms with Gasteiger partial charge in [0.1, 0.15) is 18.7 Å². The predicted octanol–water partition coefficient (Wildman–Crippen LogP) is 2.74. The van der Waals surface area contributed by atoms with E-state index in [0.29, 0.717) is 18.6 Å². The Labute approximate surface area is 170 Å².